The summed E-state index contributed by atoms with van der Waals surface area (Å²) in [5.74, 6) is -0.377. The zero-order chi connectivity index (χ0) is 18.4. The van der Waals surface area contributed by atoms with Crippen LogP contribution in [-0.4, -0.2) is 55.4 Å². The van der Waals surface area contributed by atoms with Crippen LogP contribution in [0.25, 0.3) is 0 Å². The molecule has 2 fully saturated rings. The van der Waals surface area contributed by atoms with Crippen molar-refractivity contribution < 1.29 is 23.2 Å². The molecule has 0 saturated carbocycles. The van der Waals surface area contributed by atoms with Crippen molar-refractivity contribution >= 4 is 18.5 Å². The second-order valence-electron chi connectivity index (χ2n) is 7.78. The van der Waals surface area contributed by atoms with E-state index in [1.807, 2.05) is 27.7 Å². The summed E-state index contributed by atoms with van der Waals surface area (Å²) >= 11 is 0. The standard InChI is InChI=1S/C18H25BFNO4/c1-17(2)18(3,4)25-19(24-17)14-8-12(6-7-15(14)20)9-16(22)21-10-13(11-21)23-5/h6-8,13H,9-11H2,1-5H3. The normalized spacial score (nSPS) is 22.2. The summed E-state index contributed by atoms with van der Waals surface area (Å²) in [4.78, 5) is 14.0. The molecule has 7 heteroatoms. The van der Waals surface area contributed by atoms with Crippen LogP contribution in [0.4, 0.5) is 4.39 Å². The quantitative estimate of drug-likeness (QED) is 0.774. The van der Waals surface area contributed by atoms with Crippen molar-refractivity contribution in [3.05, 3.63) is 29.6 Å². The number of carbonyl (C=O) groups excluding carboxylic acids is 1. The molecule has 0 aromatic heterocycles. The average molecular weight is 349 g/mol. The number of ether oxygens (including phenoxy) is 1. The molecule has 136 valence electrons. The molecule has 1 amide bonds. The first-order valence-electron chi connectivity index (χ1n) is 8.57. The van der Waals surface area contributed by atoms with Gasteiger partial charge in [0.25, 0.3) is 0 Å². The Hall–Kier alpha value is -1.44. The molecule has 0 unspecified atom stereocenters. The summed E-state index contributed by atoms with van der Waals surface area (Å²) < 4.78 is 31.4. The Kier molecular flexibility index (Phi) is 4.68. The van der Waals surface area contributed by atoms with Crippen LogP contribution in [-0.2, 0) is 25.3 Å². The van der Waals surface area contributed by atoms with Crippen LogP contribution in [0.1, 0.15) is 33.3 Å². The zero-order valence-corrected chi connectivity index (χ0v) is 15.5. The topological polar surface area (TPSA) is 48.0 Å². The fourth-order valence-corrected chi connectivity index (χ4v) is 2.93. The van der Waals surface area contributed by atoms with Gasteiger partial charge in [-0.05, 0) is 39.3 Å². The summed E-state index contributed by atoms with van der Waals surface area (Å²) in [7, 11) is 0.866. The Morgan fingerprint density at radius 3 is 2.44 bits per heavy atom. The van der Waals surface area contributed by atoms with Gasteiger partial charge < -0.3 is 18.9 Å². The molecule has 2 aliphatic heterocycles. The van der Waals surface area contributed by atoms with E-state index >= 15 is 0 Å². The van der Waals surface area contributed by atoms with E-state index in [9.17, 15) is 9.18 Å². The van der Waals surface area contributed by atoms with E-state index in [-0.39, 0.29) is 18.4 Å². The van der Waals surface area contributed by atoms with Gasteiger partial charge in [0.2, 0.25) is 5.91 Å². The molecular formula is C18H25BFNO4. The molecule has 0 spiro atoms. The number of halogens is 1. The summed E-state index contributed by atoms with van der Waals surface area (Å²) in [5.41, 5.74) is 0.00477. The number of hydrogen-bond acceptors (Lipinski definition) is 4. The fraction of sp³-hybridized carbons (Fsp3) is 0.611. The highest BCUT2D eigenvalue weighted by Gasteiger charge is 2.52. The van der Waals surface area contributed by atoms with Gasteiger partial charge in [-0.15, -0.1) is 0 Å². The van der Waals surface area contributed by atoms with Crippen LogP contribution in [0.15, 0.2) is 18.2 Å². The highest BCUT2D eigenvalue weighted by atomic mass is 19.1. The molecule has 0 radical (unpaired) electrons. The first-order chi connectivity index (χ1) is 11.6. The second kappa shape index (κ2) is 6.38. The lowest BCUT2D eigenvalue weighted by molar-refractivity contribution is -0.142. The van der Waals surface area contributed by atoms with Crippen LogP contribution < -0.4 is 5.46 Å². The maximum absolute atomic E-state index is 14.3. The highest BCUT2D eigenvalue weighted by Crippen LogP contribution is 2.36. The summed E-state index contributed by atoms with van der Waals surface area (Å²) in [5, 5.41) is 0. The van der Waals surface area contributed by atoms with E-state index in [1.54, 1.807) is 24.1 Å². The minimum Gasteiger partial charge on any atom is -0.399 e. The van der Waals surface area contributed by atoms with Crippen LogP contribution in [0, 0.1) is 5.82 Å². The van der Waals surface area contributed by atoms with Gasteiger partial charge in [0.05, 0.1) is 23.7 Å². The summed E-state index contributed by atoms with van der Waals surface area (Å²) in [6.45, 7) is 8.92. The molecule has 5 nitrogen and oxygen atoms in total. The molecule has 3 rings (SSSR count). The van der Waals surface area contributed by atoms with Crippen molar-refractivity contribution in [2.75, 3.05) is 20.2 Å². The molecular weight excluding hydrogens is 324 g/mol. The lowest BCUT2D eigenvalue weighted by atomic mass is 9.77. The Morgan fingerprint density at radius 1 is 1.28 bits per heavy atom. The smallest absolute Gasteiger partial charge is 0.399 e. The van der Waals surface area contributed by atoms with Crippen LogP contribution >= 0.6 is 0 Å². The van der Waals surface area contributed by atoms with Crippen molar-refractivity contribution in [2.24, 2.45) is 0 Å². The second-order valence-corrected chi connectivity index (χ2v) is 7.78. The maximum Gasteiger partial charge on any atom is 0.497 e. The number of hydrogen-bond donors (Lipinski definition) is 0. The van der Waals surface area contributed by atoms with Gasteiger partial charge in [0.1, 0.15) is 5.82 Å². The van der Waals surface area contributed by atoms with E-state index in [0.717, 1.165) is 5.56 Å². The number of amides is 1. The first kappa shape index (κ1) is 18.4. The molecule has 1 aromatic rings. The third-order valence-corrected chi connectivity index (χ3v) is 5.46. The number of likely N-dealkylation sites (tertiary alicyclic amines) is 1. The van der Waals surface area contributed by atoms with E-state index in [2.05, 4.69) is 0 Å². The summed E-state index contributed by atoms with van der Waals surface area (Å²) in [6.07, 6.45) is 0.348. The van der Waals surface area contributed by atoms with E-state index in [4.69, 9.17) is 14.0 Å². The van der Waals surface area contributed by atoms with E-state index < -0.39 is 24.1 Å². The Balaban J connectivity index is 1.72. The molecule has 25 heavy (non-hydrogen) atoms. The monoisotopic (exact) mass is 349 g/mol. The number of benzene rings is 1. The number of rotatable bonds is 4. The molecule has 1 aromatic carbocycles. The molecule has 0 N–H and O–H groups in total. The van der Waals surface area contributed by atoms with Crippen molar-refractivity contribution in [1.82, 2.24) is 4.90 Å². The van der Waals surface area contributed by atoms with Gasteiger partial charge >= 0.3 is 7.12 Å². The minimum absolute atomic E-state index is 0.0137. The number of nitrogens with zero attached hydrogens (tertiary/aromatic N) is 1. The van der Waals surface area contributed by atoms with Crippen molar-refractivity contribution in [3.8, 4) is 0 Å². The fourth-order valence-electron chi connectivity index (χ4n) is 2.93. The molecule has 2 saturated heterocycles. The molecule has 0 bridgehead atoms. The Bertz CT molecular complexity index is 657. The van der Waals surface area contributed by atoms with Gasteiger partial charge in [0, 0.05) is 25.7 Å². The lowest BCUT2D eigenvalue weighted by Crippen LogP contribution is -2.54. The maximum atomic E-state index is 14.3. The highest BCUT2D eigenvalue weighted by molar-refractivity contribution is 6.62. The first-order valence-corrected chi connectivity index (χ1v) is 8.57. The molecule has 2 aliphatic rings. The average Bonchev–Trinajstić information content (AvgIpc) is 2.68. The van der Waals surface area contributed by atoms with Gasteiger partial charge in [-0.1, -0.05) is 12.1 Å². The van der Waals surface area contributed by atoms with Crippen LogP contribution in [0.2, 0.25) is 0 Å². The third kappa shape index (κ3) is 3.45. The van der Waals surface area contributed by atoms with Gasteiger partial charge in [-0.2, -0.15) is 0 Å². The third-order valence-electron chi connectivity index (χ3n) is 5.46. The molecule has 0 aliphatic carbocycles. The number of methoxy groups -OCH3 is 1. The van der Waals surface area contributed by atoms with Gasteiger partial charge in [-0.3, -0.25) is 4.79 Å². The van der Waals surface area contributed by atoms with Crippen LogP contribution in [0.5, 0.6) is 0 Å². The molecule has 0 atom stereocenters. The number of carbonyl (C=O) groups is 1. The van der Waals surface area contributed by atoms with Crippen LogP contribution in [0.3, 0.4) is 0 Å². The minimum atomic E-state index is -0.776. The Labute approximate surface area is 148 Å². The SMILES string of the molecule is COC1CN(C(=O)Cc2ccc(F)c(B3OC(C)(C)C(C)(C)O3)c2)C1. The van der Waals surface area contributed by atoms with Crippen molar-refractivity contribution in [2.45, 2.75) is 51.4 Å². The van der Waals surface area contributed by atoms with Gasteiger partial charge in [0.15, 0.2) is 0 Å². The van der Waals surface area contributed by atoms with Crippen molar-refractivity contribution in [1.29, 1.82) is 0 Å². The van der Waals surface area contributed by atoms with E-state index in [1.165, 1.54) is 6.07 Å². The Morgan fingerprint density at radius 2 is 1.88 bits per heavy atom. The van der Waals surface area contributed by atoms with E-state index in [0.29, 0.717) is 18.6 Å². The zero-order valence-electron chi connectivity index (χ0n) is 15.5. The molecule has 2 heterocycles. The predicted octanol–water partition coefficient (Wildman–Crippen LogP) is 1.52. The predicted molar refractivity (Wildman–Crippen MR) is 93.2 cm³/mol. The van der Waals surface area contributed by atoms with Gasteiger partial charge in [-0.25, -0.2) is 4.39 Å². The summed E-state index contributed by atoms with van der Waals surface area (Å²) in [6, 6.07) is 4.68. The van der Waals surface area contributed by atoms with Crippen molar-refractivity contribution in [3.63, 3.8) is 0 Å². The lowest BCUT2D eigenvalue weighted by Gasteiger charge is -2.38. The largest absolute Gasteiger partial charge is 0.497 e.